The smallest absolute Gasteiger partial charge is 0.252 e. The third-order valence-corrected chi connectivity index (χ3v) is 8.37. The van der Waals surface area contributed by atoms with Gasteiger partial charge in [-0.2, -0.15) is 4.31 Å². The van der Waals surface area contributed by atoms with Crippen molar-refractivity contribution in [2.45, 2.75) is 30.9 Å². The van der Waals surface area contributed by atoms with Gasteiger partial charge in [-0.15, -0.1) is 11.3 Å². The van der Waals surface area contributed by atoms with E-state index in [0.717, 1.165) is 45.6 Å². The summed E-state index contributed by atoms with van der Waals surface area (Å²) in [5.41, 5.74) is 0. The summed E-state index contributed by atoms with van der Waals surface area (Å²) < 4.78 is 27.4. The molecule has 146 valence electrons. The Balaban J connectivity index is 1.59. The normalized spacial score (nSPS) is 23.5. The predicted octanol–water partition coefficient (Wildman–Crippen LogP) is 1.95. The van der Waals surface area contributed by atoms with Crippen molar-refractivity contribution < 1.29 is 13.2 Å². The Kier molecular flexibility index (Phi) is 6.37. The fourth-order valence-corrected chi connectivity index (χ4v) is 6.49. The molecule has 1 amide bonds. The van der Waals surface area contributed by atoms with E-state index in [1.807, 2.05) is 4.90 Å². The molecule has 0 bridgehead atoms. The van der Waals surface area contributed by atoms with Crippen LogP contribution in [-0.2, 0) is 14.8 Å². The van der Waals surface area contributed by atoms with Crippen LogP contribution in [0.4, 0.5) is 0 Å². The predicted molar refractivity (Wildman–Crippen MR) is 104 cm³/mol. The summed E-state index contributed by atoms with van der Waals surface area (Å²) in [5, 5.41) is 1.77. The highest BCUT2D eigenvalue weighted by Crippen LogP contribution is 2.27. The number of rotatable bonds is 5. The van der Waals surface area contributed by atoms with Gasteiger partial charge >= 0.3 is 0 Å². The fraction of sp³-hybridized carbons (Fsp3) is 0.722. The summed E-state index contributed by atoms with van der Waals surface area (Å²) in [4.78, 5) is 17.3. The zero-order chi connectivity index (χ0) is 18.7. The lowest BCUT2D eigenvalue weighted by Gasteiger charge is -2.39. The van der Waals surface area contributed by atoms with Crippen LogP contribution in [0.15, 0.2) is 21.7 Å². The van der Waals surface area contributed by atoms with E-state index in [2.05, 4.69) is 18.7 Å². The van der Waals surface area contributed by atoms with Gasteiger partial charge < -0.3 is 4.90 Å². The van der Waals surface area contributed by atoms with E-state index in [0.29, 0.717) is 23.2 Å². The van der Waals surface area contributed by atoms with Crippen molar-refractivity contribution in [1.82, 2.24) is 14.1 Å². The van der Waals surface area contributed by atoms with Gasteiger partial charge in [0, 0.05) is 45.8 Å². The molecule has 1 unspecified atom stereocenters. The van der Waals surface area contributed by atoms with E-state index in [9.17, 15) is 13.2 Å². The molecule has 1 aromatic heterocycles. The Morgan fingerprint density at radius 3 is 2.58 bits per heavy atom. The monoisotopic (exact) mass is 399 g/mol. The lowest BCUT2D eigenvalue weighted by atomic mass is 9.97. The topological polar surface area (TPSA) is 60.9 Å². The van der Waals surface area contributed by atoms with Gasteiger partial charge in [0.15, 0.2) is 0 Å². The molecule has 2 fully saturated rings. The average Bonchev–Trinajstić information content (AvgIpc) is 3.17. The van der Waals surface area contributed by atoms with Crippen LogP contribution < -0.4 is 0 Å². The Bertz CT molecular complexity index is 695. The number of piperazine rings is 1. The summed E-state index contributed by atoms with van der Waals surface area (Å²) in [6.45, 7) is 9.63. The molecule has 3 heterocycles. The zero-order valence-corrected chi connectivity index (χ0v) is 17.3. The quantitative estimate of drug-likeness (QED) is 0.759. The van der Waals surface area contributed by atoms with Gasteiger partial charge in [0.2, 0.25) is 5.91 Å². The first-order chi connectivity index (χ1) is 12.4. The Morgan fingerprint density at radius 2 is 1.96 bits per heavy atom. The fourth-order valence-electron chi connectivity index (χ4n) is 3.83. The minimum absolute atomic E-state index is 0.125. The van der Waals surface area contributed by atoms with Crippen LogP contribution in [0.25, 0.3) is 0 Å². The van der Waals surface area contributed by atoms with Crippen LogP contribution in [0.2, 0.25) is 0 Å². The standard InChI is InChI=1S/C18H29N3O3S2/c1-15(2)13-19-8-10-20(11-9-19)18(22)16-5-3-7-21(14-16)26(23,24)17-6-4-12-25-17/h4,6,12,15-16H,3,5,7-11,13-14H2,1-2H3. The van der Waals surface area contributed by atoms with Crippen molar-refractivity contribution in [3.8, 4) is 0 Å². The summed E-state index contributed by atoms with van der Waals surface area (Å²) in [7, 11) is -3.47. The van der Waals surface area contributed by atoms with E-state index in [1.54, 1.807) is 17.5 Å². The largest absolute Gasteiger partial charge is 0.340 e. The van der Waals surface area contributed by atoms with Crippen LogP contribution in [-0.4, -0.2) is 74.2 Å². The molecular weight excluding hydrogens is 370 g/mol. The molecule has 3 rings (SSSR count). The summed E-state index contributed by atoms with van der Waals surface area (Å²) >= 11 is 1.24. The van der Waals surface area contributed by atoms with Gasteiger partial charge in [0.1, 0.15) is 4.21 Å². The van der Waals surface area contributed by atoms with Crippen molar-refractivity contribution in [2.24, 2.45) is 11.8 Å². The van der Waals surface area contributed by atoms with Crippen molar-refractivity contribution in [1.29, 1.82) is 0 Å². The molecule has 0 N–H and O–H groups in total. The lowest BCUT2D eigenvalue weighted by molar-refractivity contribution is -0.138. The minimum Gasteiger partial charge on any atom is -0.340 e. The minimum atomic E-state index is -3.47. The molecule has 0 radical (unpaired) electrons. The van der Waals surface area contributed by atoms with Gasteiger partial charge in [-0.05, 0) is 30.2 Å². The lowest BCUT2D eigenvalue weighted by Crippen LogP contribution is -2.53. The molecule has 26 heavy (non-hydrogen) atoms. The molecule has 1 aromatic rings. The number of hydrogen-bond acceptors (Lipinski definition) is 5. The highest BCUT2D eigenvalue weighted by atomic mass is 32.2. The highest BCUT2D eigenvalue weighted by molar-refractivity contribution is 7.91. The molecule has 1 atom stereocenters. The first-order valence-corrected chi connectivity index (χ1v) is 11.7. The number of amides is 1. The number of thiophene rings is 1. The Labute approximate surface area is 160 Å². The first kappa shape index (κ1) is 19.8. The number of carbonyl (C=O) groups excluding carboxylic acids is 1. The van der Waals surface area contributed by atoms with Crippen LogP contribution in [0.1, 0.15) is 26.7 Å². The third-order valence-electron chi connectivity index (χ3n) is 5.13. The van der Waals surface area contributed by atoms with E-state index in [4.69, 9.17) is 0 Å². The van der Waals surface area contributed by atoms with Crippen LogP contribution in [0, 0.1) is 11.8 Å². The second kappa shape index (κ2) is 8.37. The summed E-state index contributed by atoms with van der Waals surface area (Å²) in [6, 6.07) is 3.39. The van der Waals surface area contributed by atoms with E-state index in [-0.39, 0.29) is 11.8 Å². The molecule has 0 spiro atoms. The van der Waals surface area contributed by atoms with Crippen LogP contribution >= 0.6 is 11.3 Å². The van der Waals surface area contributed by atoms with Crippen molar-refractivity contribution >= 4 is 27.3 Å². The van der Waals surface area contributed by atoms with Crippen molar-refractivity contribution in [3.63, 3.8) is 0 Å². The van der Waals surface area contributed by atoms with E-state index >= 15 is 0 Å². The van der Waals surface area contributed by atoms with Gasteiger partial charge in [-0.1, -0.05) is 19.9 Å². The molecule has 8 heteroatoms. The highest BCUT2D eigenvalue weighted by Gasteiger charge is 2.36. The second-order valence-electron chi connectivity index (χ2n) is 7.65. The molecule has 2 saturated heterocycles. The molecule has 0 saturated carbocycles. The molecular formula is C18H29N3O3S2. The van der Waals surface area contributed by atoms with Crippen LogP contribution in [0.5, 0.6) is 0 Å². The van der Waals surface area contributed by atoms with Crippen LogP contribution in [0.3, 0.4) is 0 Å². The van der Waals surface area contributed by atoms with Crippen molar-refractivity contribution in [2.75, 3.05) is 45.8 Å². The van der Waals surface area contributed by atoms with Crippen molar-refractivity contribution in [3.05, 3.63) is 17.5 Å². The molecule has 2 aliphatic rings. The summed E-state index contributed by atoms with van der Waals surface area (Å²) in [6.07, 6.45) is 1.52. The number of sulfonamides is 1. The average molecular weight is 400 g/mol. The third kappa shape index (κ3) is 4.47. The number of nitrogens with zero attached hydrogens (tertiary/aromatic N) is 3. The number of piperidine rings is 1. The van der Waals surface area contributed by atoms with E-state index in [1.165, 1.54) is 15.6 Å². The molecule has 0 aromatic carbocycles. The summed E-state index contributed by atoms with van der Waals surface area (Å²) in [5.74, 6) is 0.544. The maximum absolute atomic E-state index is 12.9. The maximum atomic E-state index is 12.9. The van der Waals surface area contributed by atoms with Gasteiger partial charge in [0.25, 0.3) is 10.0 Å². The first-order valence-electron chi connectivity index (χ1n) is 9.42. The molecule has 6 nitrogen and oxygen atoms in total. The zero-order valence-electron chi connectivity index (χ0n) is 15.6. The van der Waals surface area contributed by atoms with Gasteiger partial charge in [-0.3, -0.25) is 9.69 Å². The number of carbonyl (C=O) groups is 1. The van der Waals surface area contributed by atoms with E-state index < -0.39 is 10.0 Å². The van der Waals surface area contributed by atoms with Gasteiger partial charge in [-0.25, -0.2) is 8.42 Å². The second-order valence-corrected chi connectivity index (χ2v) is 10.8. The SMILES string of the molecule is CC(C)CN1CCN(C(=O)C2CCCN(S(=O)(=O)c3cccs3)C2)CC1. The van der Waals surface area contributed by atoms with Gasteiger partial charge in [0.05, 0.1) is 5.92 Å². The molecule has 2 aliphatic heterocycles. The molecule has 0 aliphatic carbocycles. The Morgan fingerprint density at radius 1 is 1.23 bits per heavy atom. The maximum Gasteiger partial charge on any atom is 0.252 e. The Hall–Kier alpha value is -0.960. The number of hydrogen-bond donors (Lipinski definition) is 0.